The Morgan fingerprint density at radius 2 is 1.80 bits per heavy atom. The molecule has 1 aromatic heterocycles. The highest BCUT2D eigenvalue weighted by Crippen LogP contribution is 2.52. The minimum absolute atomic E-state index is 0.0732. The Morgan fingerprint density at radius 3 is 2.43 bits per heavy atom. The molecule has 1 aromatic carbocycles. The van der Waals surface area contributed by atoms with Gasteiger partial charge in [0.2, 0.25) is 5.88 Å². The SMILES string of the molecule is COc1ncc([C@]2(O)CC[C@H]3CN(Cc4c(OC)cccc4OC)C[C@H]32)c(OC)n1. The molecule has 0 radical (unpaired) electrons. The summed E-state index contributed by atoms with van der Waals surface area (Å²) in [5, 5.41) is 11.7. The molecule has 8 nitrogen and oxygen atoms in total. The maximum atomic E-state index is 11.7. The Kier molecular flexibility index (Phi) is 5.71. The van der Waals surface area contributed by atoms with Gasteiger partial charge in [0.1, 0.15) is 17.1 Å². The van der Waals surface area contributed by atoms with Gasteiger partial charge in [0.05, 0.1) is 39.6 Å². The number of benzene rings is 1. The largest absolute Gasteiger partial charge is 0.496 e. The van der Waals surface area contributed by atoms with Crippen molar-refractivity contribution >= 4 is 0 Å². The number of hydrogen-bond acceptors (Lipinski definition) is 8. The van der Waals surface area contributed by atoms with Crippen LogP contribution in [0.1, 0.15) is 24.0 Å². The summed E-state index contributed by atoms with van der Waals surface area (Å²) in [5.41, 5.74) is 0.633. The first kappa shape index (κ1) is 20.7. The number of fused-ring (bicyclic) bond motifs is 1. The maximum Gasteiger partial charge on any atom is 0.319 e. The number of nitrogens with zero attached hydrogens (tertiary/aromatic N) is 3. The zero-order valence-electron chi connectivity index (χ0n) is 17.9. The number of aliphatic hydroxyl groups is 1. The predicted molar refractivity (Wildman–Crippen MR) is 110 cm³/mol. The van der Waals surface area contributed by atoms with Gasteiger partial charge in [-0.15, -0.1) is 0 Å². The number of rotatable bonds is 7. The quantitative estimate of drug-likeness (QED) is 0.737. The van der Waals surface area contributed by atoms with Crippen molar-refractivity contribution in [2.45, 2.75) is 25.0 Å². The van der Waals surface area contributed by atoms with Crippen molar-refractivity contribution in [3.8, 4) is 23.4 Å². The van der Waals surface area contributed by atoms with Crippen molar-refractivity contribution < 1.29 is 24.1 Å². The van der Waals surface area contributed by atoms with E-state index < -0.39 is 5.60 Å². The molecule has 30 heavy (non-hydrogen) atoms. The third-order valence-corrected chi connectivity index (χ3v) is 6.51. The molecule has 2 aliphatic rings. The first-order chi connectivity index (χ1) is 14.5. The normalized spacial score (nSPS) is 25.8. The molecule has 3 atom stereocenters. The summed E-state index contributed by atoms with van der Waals surface area (Å²) < 4.78 is 21.7. The van der Waals surface area contributed by atoms with Crippen LogP contribution in [-0.4, -0.2) is 61.5 Å². The maximum absolute atomic E-state index is 11.7. The van der Waals surface area contributed by atoms with E-state index in [2.05, 4.69) is 14.9 Å². The van der Waals surface area contributed by atoms with Gasteiger partial charge in [-0.2, -0.15) is 4.98 Å². The van der Waals surface area contributed by atoms with Crippen molar-refractivity contribution in [3.63, 3.8) is 0 Å². The minimum Gasteiger partial charge on any atom is -0.496 e. The van der Waals surface area contributed by atoms with Crippen LogP contribution in [0.5, 0.6) is 23.4 Å². The molecule has 2 heterocycles. The average Bonchev–Trinajstić information content (AvgIpc) is 3.33. The number of ether oxygens (including phenoxy) is 4. The van der Waals surface area contributed by atoms with Gasteiger partial charge >= 0.3 is 6.01 Å². The molecule has 162 valence electrons. The summed E-state index contributed by atoms with van der Waals surface area (Å²) in [6.45, 7) is 2.37. The lowest BCUT2D eigenvalue weighted by Gasteiger charge is -2.31. The molecule has 4 rings (SSSR count). The van der Waals surface area contributed by atoms with Crippen LogP contribution in [0.25, 0.3) is 0 Å². The molecule has 1 saturated carbocycles. The molecule has 1 aliphatic heterocycles. The van der Waals surface area contributed by atoms with Gasteiger partial charge in [-0.05, 0) is 30.9 Å². The van der Waals surface area contributed by atoms with Gasteiger partial charge < -0.3 is 24.1 Å². The Bertz CT molecular complexity index is 886. The molecular formula is C22H29N3O5. The third kappa shape index (κ3) is 3.44. The van der Waals surface area contributed by atoms with E-state index in [0.717, 1.165) is 36.6 Å². The van der Waals surface area contributed by atoms with Crippen LogP contribution in [0.3, 0.4) is 0 Å². The fourth-order valence-corrected chi connectivity index (χ4v) is 5.06. The average molecular weight is 415 g/mol. The lowest BCUT2D eigenvalue weighted by molar-refractivity contribution is -0.00975. The molecule has 0 amide bonds. The Balaban J connectivity index is 1.58. The van der Waals surface area contributed by atoms with Gasteiger partial charge in [-0.3, -0.25) is 4.90 Å². The molecule has 1 N–H and O–H groups in total. The van der Waals surface area contributed by atoms with Crippen LogP contribution in [-0.2, 0) is 12.1 Å². The van der Waals surface area contributed by atoms with E-state index in [1.54, 1.807) is 27.5 Å². The van der Waals surface area contributed by atoms with Crippen LogP contribution < -0.4 is 18.9 Å². The second kappa shape index (κ2) is 8.28. The monoisotopic (exact) mass is 415 g/mol. The standard InChI is InChI=1S/C22H29N3O5/c1-27-18-6-5-7-19(28-2)15(18)12-25-11-14-8-9-22(26,17(14)13-25)16-10-23-21(30-4)24-20(16)29-3/h5-7,10,14,17,26H,8-9,11-13H2,1-4H3/t14-,17+,22+/m0/s1. The molecule has 0 spiro atoms. The van der Waals surface area contributed by atoms with E-state index in [9.17, 15) is 5.11 Å². The predicted octanol–water partition coefficient (Wildman–Crippen LogP) is 2.24. The van der Waals surface area contributed by atoms with E-state index >= 15 is 0 Å². The molecule has 1 saturated heterocycles. The van der Waals surface area contributed by atoms with E-state index in [0.29, 0.717) is 30.3 Å². The second-order valence-corrected chi connectivity index (χ2v) is 7.94. The summed E-state index contributed by atoms with van der Waals surface area (Å²) >= 11 is 0. The van der Waals surface area contributed by atoms with Gasteiger partial charge in [-0.1, -0.05) is 6.07 Å². The molecule has 2 fully saturated rings. The molecule has 0 unspecified atom stereocenters. The van der Waals surface area contributed by atoms with Crippen LogP contribution in [0, 0.1) is 11.8 Å². The smallest absolute Gasteiger partial charge is 0.319 e. The lowest BCUT2D eigenvalue weighted by Crippen LogP contribution is -2.35. The Morgan fingerprint density at radius 1 is 1.07 bits per heavy atom. The molecular weight excluding hydrogens is 386 g/mol. The van der Waals surface area contributed by atoms with Crippen molar-refractivity contribution in [2.24, 2.45) is 11.8 Å². The first-order valence-electron chi connectivity index (χ1n) is 10.1. The highest BCUT2D eigenvalue weighted by Gasteiger charge is 2.54. The van der Waals surface area contributed by atoms with Crippen molar-refractivity contribution in [1.82, 2.24) is 14.9 Å². The van der Waals surface area contributed by atoms with Crippen LogP contribution in [0.2, 0.25) is 0 Å². The minimum atomic E-state index is -1.03. The van der Waals surface area contributed by atoms with Crippen LogP contribution in [0.4, 0.5) is 0 Å². The molecule has 2 aromatic rings. The van der Waals surface area contributed by atoms with Gasteiger partial charge in [0.15, 0.2) is 0 Å². The Labute approximate surface area is 176 Å². The number of likely N-dealkylation sites (tertiary alicyclic amines) is 1. The number of hydrogen-bond donors (Lipinski definition) is 1. The van der Waals surface area contributed by atoms with E-state index in [4.69, 9.17) is 18.9 Å². The fourth-order valence-electron chi connectivity index (χ4n) is 5.06. The second-order valence-electron chi connectivity index (χ2n) is 7.94. The topological polar surface area (TPSA) is 86.2 Å². The van der Waals surface area contributed by atoms with Crippen LogP contribution >= 0.6 is 0 Å². The molecule has 8 heteroatoms. The summed E-state index contributed by atoms with van der Waals surface area (Å²) in [6, 6.07) is 6.05. The summed E-state index contributed by atoms with van der Waals surface area (Å²) in [4.78, 5) is 10.9. The Hall–Kier alpha value is -2.58. The van der Waals surface area contributed by atoms with Gasteiger partial charge in [0.25, 0.3) is 0 Å². The fraction of sp³-hybridized carbons (Fsp3) is 0.545. The van der Waals surface area contributed by atoms with Gasteiger partial charge in [-0.25, -0.2) is 4.98 Å². The zero-order chi connectivity index (χ0) is 21.3. The lowest BCUT2D eigenvalue weighted by atomic mass is 9.83. The van der Waals surface area contributed by atoms with Crippen LogP contribution in [0.15, 0.2) is 24.4 Å². The van der Waals surface area contributed by atoms with Gasteiger partial charge in [0, 0.05) is 31.7 Å². The molecule has 0 bridgehead atoms. The van der Waals surface area contributed by atoms with Crippen molar-refractivity contribution in [2.75, 3.05) is 41.5 Å². The number of aromatic nitrogens is 2. The third-order valence-electron chi connectivity index (χ3n) is 6.51. The first-order valence-corrected chi connectivity index (χ1v) is 10.1. The van der Waals surface area contributed by atoms with E-state index in [1.807, 2.05) is 18.2 Å². The zero-order valence-corrected chi connectivity index (χ0v) is 17.9. The van der Waals surface area contributed by atoms with E-state index in [-0.39, 0.29) is 11.9 Å². The van der Waals surface area contributed by atoms with Crippen molar-refractivity contribution in [3.05, 3.63) is 35.5 Å². The number of methoxy groups -OCH3 is 4. The van der Waals surface area contributed by atoms with E-state index in [1.165, 1.54) is 7.11 Å². The summed E-state index contributed by atoms with van der Waals surface area (Å²) in [5.74, 6) is 2.46. The highest BCUT2D eigenvalue weighted by molar-refractivity contribution is 5.45. The summed E-state index contributed by atoms with van der Waals surface area (Å²) in [7, 11) is 6.41. The highest BCUT2D eigenvalue weighted by atomic mass is 16.5. The van der Waals surface area contributed by atoms with Crippen molar-refractivity contribution in [1.29, 1.82) is 0 Å². The summed E-state index contributed by atoms with van der Waals surface area (Å²) in [6.07, 6.45) is 3.25. The molecule has 1 aliphatic carbocycles.